The minimum absolute atomic E-state index is 0.0232. The molecule has 3 heterocycles. The predicted molar refractivity (Wildman–Crippen MR) is 103 cm³/mol. The van der Waals surface area contributed by atoms with Crippen LogP contribution in [0.4, 0.5) is 4.79 Å². The highest BCUT2D eigenvalue weighted by molar-refractivity contribution is 5.74. The lowest BCUT2D eigenvalue weighted by atomic mass is 9.79. The minimum Gasteiger partial charge on any atom is -0.497 e. The number of carbonyl (C=O) groups excluding carboxylic acids is 1. The van der Waals surface area contributed by atoms with E-state index in [9.17, 15) is 4.79 Å². The van der Waals surface area contributed by atoms with Gasteiger partial charge in [-0.2, -0.15) is 5.10 Å². The van der Waals surface area contributed by atoms with Crippen molar-refractivity contribution >= 4 is 6.03 Å². The van der Waals surface area contributed by atoms with Crippen molar-refractivity contribution in [1.82, 2.24) is 25.3 Å². The molecular weight excluding hydrogens is 342 g/mol. The SMILES string of the molecule is COc1cccc(-n2cc(CNC(=O)N3CCC[C@@]4(CCNC4)C3)cn2)c1. The maximum absolute atomic E-state index is 12.6. The topological polar surface area (TPSA) is 71.4 Å². The molecule has 144 valence electrons. The van der Waals surface area contributed by atoms with E-state index < -0.39 is 0 Å². The van der Waals surface area contributed by atoms with Gasteiger partial charge in [-0.15, -0.1) is 0 Å². The number of piperidine rings is 1. The molecule has 2 fully saturated rings. The van der Waals surface area contributed by atoms with Crippen LogP contribution in [0.3, 0.4) is 0 Å². The van der Waals surface area contributed by atoms with Crippen LogP contribution in [0.1, 0.15) is 24.8 Å². The third-order valence-corrected chi connectivity index (χ3v) is 5.68. The van der Waals surface area contributed by atoms with E-state index in [2.05, 4.69) is 15.7 Å². The molecule has 0 saturated carbocycles. The van der Waals surface area contributed by atoms with E-state index in [1.54, 1.807) is 18.0 Å². The molecule has 4 rings (SSSR count). The molecule has 0 bridgehead atoms. The Balaban J connectivity index is 1.35. The lowest BCUT2D eigenvalue weighted by Crippen LogP contribution is -2.50. The summed E-state index contributed by atoms with van der Waals surface area (Å²) in [6.07, 6.45) is 7.20. The Kier molecular flexibility index (Phi) is 5.03. The first-order valence-electron chi connectivity index (χ1n) is 9.59. The summed E-state index contributed by atoms with van der Waals surface area (Å²) in [5, 5.41) is 10.9. The molecule has 2 saturated heterocycles. The van der Waals surface area contributed by atoms with Crippen LogP contribution in [0, 0.1) is 5.41 Å². The number of amides is 2. The Labute approximate surface area is 159 Å². The van der Waals surface area contributed by atoms with Gasteiger partial charge in [0.05, 0.1) is 19.0 Å². The number of hydrogen-bond acceptors (Lipinski definition) is 4. The van der Waals surface area contributed by atoms with Crippen molar-refractivity contribution < 1.29 is 9.53 Å². The molecule has 2 aliphatic heterocycles. The number of urea groups is 1. The van der Waals surface area contributed by atoms with Gasteiger partial charge in [0.2, 0.25) is 0 Å². The van der Waals surface area contributed by atoms with Crippen molar-refractivity contribution in [3.63, 3.8) is 0 Å². The lowest BCUT2D eigenvalue weighted by Gasteiger charge is -2.39. The smallest absolute Gasteiger partial charge is 0.317 e. The molecule has 7 nitrogen and oxygen atoms in total. The fourth-order valence-corrected chi connectivity index (χ4v) is 4.16. The molecule has 2 N–H and O–H groups in total. The number of benzene rings is 1. The van der Waals surface area contributed by atoms with Gasteiger partial charge in [-0.05, 0) is 37.9 Å². The van der Waals surface area contributed by atoms with Gasteiger partial charge in [-0.1, -0.05) is 6.07 Å². The van der Waals surface area contributed by atoms with Crippen molar-refractivity contribution in [3.8, 4) is 11.4 Å². The Morgan fingerprint density at radius 1 is 1.41 bits per heavy atom. The number of nitrogens with zero attached hydrogens (tertiary/aromatic N) is 3. The molecule has 1 atom stereocenters. The largest absolute Gasteiger partial charge is 0.497 e. The number of aromatic nitrogens is 2. The van der Waals surface area contributed by atoms with Gasteiger partial charge in [0.25, 0.3) is 0 Å². The van der Waals surface area contributed by atoms with Gasteiger partial charge in [-0.25, -0.2) is 9.48 Å². The van der Waals surface area contributed by atoms with E-state index in [4.69, 9.17) is 4.74 Å². The average molecular weight is 369 g/mol. The number of nitrogens with one attached hydrogen (secondary N) is 2. The Bertz CT molecular complexity index is 797. The van der Waals surface area contributed by atoms with Gasteiger partial charge in [-0.3, -0.25) is 0 Å². The van der Waals surface area contributed by atoms with Crippen molar-refractivity contribution in [2.24, 2.45) is 5.41 Å². The molecule has 1 aromatic carbocycles. The molecule has 0 unspecified atom stereocenters. The fraction of sp³-hybridized carbons (Fsp3) is 0.500. The number of likely N-dealkylation sites (tertiary alicyclic amines) is 1. The monoisotopic (exact) mass is 369 g/mol. The van der Waals surface area contributed by atoms with Gasteiger partial charge < -0.3 is 20.3 Å². The van der Waals surface area contributed by atoms with Crippen molar-refractivity contribution in [1.29, 1.82) is 0 Å². The van der Waals surface area contributed by atoms with Gasteiger partial charge >= 0.3 is 6.03 Å². The minimum atomic E-state index is 0.0232. The zero-order chi connectivity index (χ0) is 18.7. The third-order valence-electron chi connectivity index (χ3n) is 5.68. The number of hydrogen-bond donors (Lipinski definition) is 2. The van der Waals surface area contributed by atoms with Crippen LogP contribution in [-0.2, 0) is 6.54 Å². The van der Waals surface area contributed by atoms with Crippen molar-refractivity contribution in [2.75, 3.05) is 33.3 Å². The van der Waals surface area contributed by atoms with E-state index >= 15 is 0 Å². The first-order valence-corrected chi connectivity index (χ1v) is 9.59. The van der Waals surface area contributed by atoms with E-state index in [0.29, 0.717) is 6.54 Å². The molecule has 2 amide bonds. The molecule has 1 aromatic heterocycles. The maximum atomic E-state index is 12.6. The number of carbonyl (C=O) groups is 1. The molecule has 7 heteroatoms. The Morgan fingerprint density at radius 3 is 3.15 bits per heavy atom. The summed E-state index contributed by atoms with van der Waals surface area (Å²) < 4.78 is 7.06. The highest BCUT2D eigenvalue weighted by Gasteiger charge is 2.39. The van der Waals surface area contributed by atoms with Crippen LogP contribution >= 0.6 is 0 Å². The van der Waals surface area contributed by atoms with Gasteiger partial charge in [0.15, 0.2) is 0 Å². The van der Waals surface area contributed by atoms with Gasteiger partial charge in [0, 0.05) is 49.4 Å². The quantitative estimate of drug-likeness (QED) is 0.866. The van der Waals surface area contributed by atoms with E-state index in [0.717, 1.165) is 49.6 Å². The fourth-order valence-electron chi connectivity index (χ4n) is 4.16. The number of rotatable bonds is 4. The maximum Gasteiger partial charge on any atom is 0.317 e. The number of ether oxygens (including phenoxy) is 1. The zero-order valence-corrected chi connectivity index (χ0v) is 15.8. The lowest BCUT2D eigenvalue weighted by molar-refractivity contribution is 0.118. The summed E-state index contributed by atoms with van der Waals surface area (Å²) in [6.45, 7) is 4.28. The van der Waals surface area contributed by atoms with E-state index in [-0.39, 0.29) is 11.4 Å². The summed E-state index contributed by atoms with van der Waals surface area (Å²) in [7, 11) is 1.65. The standard InChI is InChI=1S/C20H27N5O2/c1-27-18-5-2-4-17(10-18)25-13-16(12-23-25)11-22-19(26)24-9-3-6-20(15-24)7-8-21-14-20/h2,4-5,10,12-13,21H,3,6-9,11,14-15H2,1H3,(H,22,26)/t20-/m0/s1. The first kappa shape index (κ1) is 17.9. The number of methoxy groups -OCH3 is 1. The average Bonchev–Trinajstić information content (AvgIpc) is 3.36. The summed E-state index contributed by atoms with van der Waals surface area (Å²) in [5.74, 6) is 0.790. The molecule has 27 heavy (non-hydrogen) atoms. The van der Waals surface area contributed by atoms with E-state index in [1.165, 1.54) is 12.8 Å². The molecular formula is C20H27N5O2. The predicted octanol–water partition coefficient (Wildman–Crippen LogP) is 2.17. The van der Waals surface area contributed by atoms with Crippen LogP contribution in [0.15, 0.2) is 36.7 Å². The highest BCUT2D eigenvalue weighted by Crippen LogP contribution is 2.35. The molecule has 1 spiro atoms. The highest BCUT2D eigenvalue weighted by atomic mass is 16.5. The third kappa shape index (κ3) is 3.93. The Hall–Kier alpha value is -2.54. The van der Waals surface area contributed by atoms with Crippen LogP contribution in [0.25, 0.3) is 5.69 Å². The van der Waals surface area contributed by atoms with Crippen molar-refractivity contribution in [3.05, 3.63) is 42.2 Å². The van der Waals surface area contributed by atoms with Crippen LogP contribution in [0.2, 0.25) is 0 Å². The summed E-state index contributed by atoms with van der Waals surface area (Å²) in [6, 6.07) is 7.76. The molecule has 2 aromatic rings. The van der Waals surface area contributed by atoms with Crippen LogP contribution in [0.5, 0.6) is 5.75 Å². The van der Waals surface area contributed by atoms with Gasteiger partial charge in [0.1, 0.15) is 5.75 Å². The van der Waals surface area contributed by atoms with E-state index in [1.807, 2.05) is 35.4 Å². The van der Waals surface area contributed by atoms with Crippen molar-refractivity contribution in [2.45, 2.75) is 25.8 Å². The summed E-state index contributed by atoms with van der Waals surface area (Å²) >= 11 is 0. The molecule has 2 aliphatic rings. The second kappa shape index (κ2) is 7.60. The van der Waals surface area contributed by atoms with Crippen LogP contribution in [-0.4, -0.2) is 54.0 Å². The summed E-state index contributed by atoms with van der Waals surface area (Å²) in [5.41, 5.74) is 2.19. The normalized spacial score (nSPS) is 22.2. The van der Waals surface area contributed by atoms with Crippen LogP contribution < -0.4 is 15.4 Å². The summed E-state index contributed by atoms with van der Waals surface area (Å²) in [4.78, 5) is 14.6. The second-order valence-electron chi connectivity index (χ2n) is 7.61. The first-order chi connectivity index (χ1) is 13.2. The molecule has 0 aliphatic carbocycles. The molecule has 0 radical (unpaired) electrons. The zero-order valence-electron chi connectivity index (χ0n) is 15.8. The Morgan fingerprint density at radius 2 is 2.33 bits per heavy atom. The second-order valence-corrected chi connectivity index (χ2v) is 7.61.